The molecule has 2 rings (SSSR count). The van der Waals surface area contributed by atoms with Crippen LogP contribution in [-0.2, 0) is 4.79 Å². The Morgan fingerprint density at radius 2 is 2.08 bits per heavy atom. The number of methoxy groups -OCH3 is 1. The van der Waals surface area contributed by atoms with Gasteiger partial charge < -0.3 is 14.8 Å². The molecule has 0 aliphatic carbocycles. The molecule has 0 radical (unpaired) electrons. The third-order valence-electron chi connectivity index (χ3n) is 3.06. The maximum absolute atomic E-state index is 12.0. The Hall–Kier alpha value is -2.90. The van der Waals surface area contributed by atoms with Crippen LogP contribution in [0.25, 0.3) is 6.08 Å². The van der Waals surface area contributed by atoms with Gasteiger partial charge in [0.2, 0.25) is 5.91 Å². The second-order valence-electron chi connectivity index (χ2n) is 4.71. The van der Waals surface area contributed by atoms with Crippen LogP contribution >= 0.6 is 11.6 Å². The molecule has 0 saturated heterocycles. The lowest BCUT2D eigenvalue weighted by Crippen LogP contribution is -2.07. The van der Waals surface area contributed by atoms with E-state index in [0.29, 0.717) is 22.2 Å². The average molecular weight is 342 g/mol. The van der Waals surface area contributed by atoms with E-state index >= 15 is 0 Å². The Morgan fingerprint density at radius 3 is 2.79 bits per heavy atom. The molecule has 24 heavy (non-hydrogen) atoms. The Bertz CT molecular complexity index is 793. The monoisotopic (exact) mass is 341 g/mol. The molecule has 0 heterocycles. The number of nitrogens with one attached hydrogen (secondary N) is 1. The molecule has 2 aromatic carbocycles. The molecule has 0 atom stereocenters. The second kappa shape index (κ2) is 8.66. The summed E-state index contributed by atoms with van der Waals surface area (Å²) in [5.41, 5.74) is 1.35. The van der Waals surface area contributed by atoms with Gasteiger partial charge in [-0.05, 0) is 35.9 Å². The molecule has 1 N–H and O–H groups in total. The molecule has 0 unspecified atom stereocenters. The number of anilines is 1. The molecule has 0 spiro atoms. The van der Waals surface area contributed by atoms with Gasteiger partial charge >= 0.3 is 0 Å². The molecule has 0 aromatic heterocycles. The van der Waals surface area contributed by atoms with Gasteiger partial charge in [0.15, 0.2) is 11.5 Å². The smallest absolute Gasteiger partial charge is 0.248 e. The highest BCUT2D eigenvalue weighted by Gasteiger charge is 2.05. The van der Waals surface area contributed by atoms with Gasteiger partial charge in [-0.1, -0.05) is 35.7 Å². The number of para-hydroxylation sites is 1. The van der Waals surface area contributed by atoms with E-state index in [2.05, 4.69) is 11.2 Å². The number of benzene rings is 2. The lowest BCUT2D eigenvalue weighted by Gasteiger charge is -2.09. The van der Waals surface area contributed by atoms with E-state index in [-0.39, 0.29) is 12.5 Å². The number of amides is 1. The summed E-state index contributed by atoms with van der Waals surface area (Å²) in [5, 5.41) is 3.19. The van der Waals surface area contributed by atoms with Crippen molar-refractivity contribution in [1.29, 1.82) is 0 Å². The normalized spacial score (nSPS) is 10.2. The van der Waals surface area contributed by atoms with Crippen molar-refractivity contribution >= 4 is 29.3 Å². The minimum atomic E-state index is -0.283. The molecule has 5 heteroatoms. The van der Waals surface area contributed by atoms with E-state index in [4.69, 9.17) is 27.5 Å². The van der Waals surface area contributed by atoms with E-state index in [9.17, 15) is 4.79 Å². The Balaban J connectivity index is 2.07. The molecule has 0 saturated carbocycles. The van der Waals surface area contributed by atoms with E-state index in [1.54, 1.807) is 48.5 Å². The zero-order chi connectivity index (χ0) is 17.4. The summed E-state index contributed by atoms with van der Waals surface area (Å²) < 4.78 is 10.6. The Morgan fingerprint density at radius 1 is 1.29 bits per heavy atom. The minimum absolute atomic E-state index is 0.159. The lowest BCUT2D eigenvalue weighted by atomic mass is 10.2. The fourth-order valence-electron chi connectivity index (χ4n) is 1.94. The fourth-order valence-corrected chi connectivity index (χ4v) is 2.12. The number of hydrogen-bond donors (Lipinski definition) is 1. The number of terminal acetylenes is 1. The zero-order valence-electron chi connectivity index (χ0n) is 13.1. The predicted octanol–water partition coefficient (Wildman–Crippen LogP) is 4.01. The predicted molar refractivity (Wildman–Crippen MR) is 96.4 cm³/mol. The summed E-state index contributed by atoms with van der Waals surface area (Å²) in [6.45, 7) is 0.159. The highest BCUT2D eigenvalue weighted by atomic mass is 35.5. The number of halogens is 1. The molecule has 0 aliphatic heterocycles. The lowest BCUT2D eigenvalue weighted by molar-refractivity contribution is -0.111. The van der Waals surface area contributed by atoms with Gasteiger partial charge in [-0.3, -0.25) is 4.79 Å². The van der Waals surface area contributed by atoms with Crippen molar-refractivity contribution in [3.63, 3.8) is 0 Å². The topological polar surface area (TPSA) is 47.6 Å². The standard InChI is InChI=1S/C19H16ClNO3/c1-3-12-24-17-10-8-14(13-18(17)23-2)9-11-19(22)21-16-7-5-4-6-15(16)20/h1,4-11,13H,12H2,2H3,(H,21,22)/b11-9+. The Labute approximate surface area is 146 Å². The first kappa shape index (κ1) is 17.5. The molecule has 0 bridgehead atoms. The first-order chi connectivity index (χ1) is 11.6. The summed E-state index contributed by atoms with van der Waals surface area (Å²) in [7, 11) is 1.54. The summed E-state index contributed by atoms with van der Waals surface area (Å²) in [6.07, 6.45) is 8.25. The molecule has 122 valence electrons. The van der Waals surface area contributed by atoms with Crippen LogP contribution in [0.3, 0.4) is 0 Å². The van der Waals surface area contributed by atoms with Crippen molar-refractivity contribution in [3.05, 3.63) is 59.1 Å². The maximum atomic E-state index is 12.0. The number of carbonyl (C=O) groups is 1. The van der Waals surface area contributed by atoms with Crippen molar-refractivity contribution in [2.24, 2.45) is 0 Å². The van der Waals surface area contributed by atoms with E-state index in [1.165, 1.54) is 13.2 Å². The van der Waals surface area contributed by atoms with Crippen molar-refractivity contribution < 1.29 is 14.3 Å². The summed E-state index contributed by atoms with van der Waals surface area (Å²) in [4.78, 5) is 12.0. The number of rotatable bonds is 6. The highest BCUT2D eigenvalue weighted by molar-refractivity contribution is 6.33. The van der Waals surface area contributed by atoms with Crippen LogP contribution in [0.2, 0.25) is 5.02 Å². The van der Waals surface area contributed by atoms with Gasteiger partial charge in [-0.15, -0.1) is 6.42 Å². The third-order valence-corrected chi connectivity index (χ3v) is 3.39. The van der Waals surface area contributed by atoms with Crippen LogP contribution < -0.4 is 14.8 Å². The summed E-state index contributed by atoms with van der Waals surface area (Å²) in [5.74, 6) is 3.20. The minimum Gasteiger partial charge on any atom is -0.493 e. The van der Waals surface area contributed by atoms with Crippen molar-refractivity contribution in [2.75, 3.05) is 19.0 Å². The van der Waals surface area contributed by atoms with Gasteiger partial charge in [0.05, 0.1) is 17.8 Å². The van der Waals surface area contributed by atoms with Crippen LogP contribution in [0.4, 0.5) is 5.69 Å². The molecular weight excluding hydrogens is 326 g/mol. The molecule has 0 aliphatic rings. The van der Waals surface area contributed by atoms with Gasteiger partial charge in [-0.2, -0.15) is 0 Å². The quantitative estimate of drug-likeness (QED) is 0.638. The van der Waals surface area contributed by atoms with Crippen LogP contribution in [0.5, 0.6) is 11.5 Å². The third kappa shape index (κ3) is 4.80. The molecule has 0 fully saturated rings. The van der Waals surface area contributed by atoms with Crippen molar-refractivity contribution in [2.45, 2.75) is 0 Å². The fraction of sp³-hybridized carbons (Fsp3) is 0.105. The SMILES string of the molecule is C#CCOc1ccc(/C=C/C(=O)Nc2ccccc2Cl)cc1OC. The molecular formula is C19H16ClNO3. The van der Waals surface area contributed by atoms with E-state index in [0.717, 1.165) is 5.56 Å². The van der Waals surface area contributed by atoms with Crippen molar-refractivity contribution in [3.8, 4) is 23.8 Å². The van der Waals surface area contributed by atoms with Crippen LogP contribution in [-0.4, -0.2) is 19.6 Å². The first-order valence-electron chi connectivity index (χ1n) is 7.12. The van der Waals surface area contributed by atoms with Crippen molar-refractivity contribution in [1.82, 2.24) is 0 Å². The van der Waals surface area contributed by atoms with E-state index < -0.39 is 0 Å². The second-order valence-corrected chi connectivity index (χ2v) is 5.11. The van der Waals surface area contributed by atoms with Crippen LogP contribution in [0, 0.1) is 12.3 Å². The first-order valence-corrected chi connectivity index (χ1v) is 7.49. The Kier molecular flexibility index (Phi) is 6.30. The largest absolute Gasteiger partial charge is 0.493 e. The highest BCUT2D eigenvalue weighted by Crippen LogP contribution is 2.28. The average Bonchev–Trinajstić information content (AvgIpc) is 2.60. The van der Waals surface area contributed by atoms with Gasteiger partial charge in [0.1, 0.15) is 6.61 Å². The van der Waals surface area contributed by atoms with Gasteiger partial charge in [-0.25, -0.2) is 0 Å². The van der Waals surface area contributed by atoms with E-state index in [1.807, 2.05) is 0 Å². The number of hydrogen-bond acceptors (Lipinski definition) is 3. The summed E-state index contributed by atoms with van der Waals surface area (Å²) >= 11 is 6.00. The molecule has 4 nitrogen and oxygen atoms in total. The van der Waals surface area contributed by atoms with Crippen LogP contribution in [0.1, 0.15) is 5.56 Å². The summed E-state index contributed by atoms with van der Waals surface area (Å²) in [6, 6.07) is 12.3. The van der Waals surface area contributed by atoms with Gasteiger partial charge in [0, 0.05) is 6.08 Å². The number of ether oxygens (including phenoxy) is 2. The van der Waals surface area contributed by atoms with Crippen LogP contribution in [0.15, 0.2) is 48.5 Å². The molecule has 2 aromatic rings. The zero-order valence-corrected chi connectivity index (χ0v) is 13.8. The maximum Gasteiger partial charge on any atom is 0.248 e. The van der Waals surface area contributed by atoms with Gasteiger partial charge in [0.25, 0.3) is 0 Å². The molecule has 1 amide bonds. The number of carbonyl (C=O) groups excluding carboxylic acids is 1.